The van der Waals surface area contributed by atoms with Gasteiger partial charge >= 0.3 is 0 Å². The number of ketones is 1. The Morgan fingerprint density at radius 3 is 2.50 bits per heavy atom. The fourth-order valence-corrected chi connectivity index (χ4v) is 1.98. The molecule has 2 aliphatic rings. The summed E-state index contributed by atoms with van der Waals surface area (Å²) in [5.41, 5.74) is 0.630. The number of nitrogens with one attached hydrogen (secondary N) is 2. The van der Waals surface area contributed by atoms with Crippen molar-refractivity contribution in [3.8, 4) is 0 Å². The Bertz CT molecular complexity index is 445. The average molecular weight is 188 g/mol. The summed E-state index contributed by atoms with van der Waals surface area (Å²) in [6, 6.07) is 7.28. The molecule has 1 aromatic rings. The van der Waals surface area contributed by atoms with Crippen molar-refractivity contribution < 1.29 is 9.59 Å². The van der Waals surface area contributed by atoms with Crippen molar-refractivity contribution in [1.29, 1.82) is 0 Å². The number of anilines is 1. The quantitative estimate of drug-likeness (QED) is 0.583. The summed E-state index contributed by atoms with van der Waals surface area (Å²) in [6.07, 6.45) is 0.237. The Kier molecular flexibility index (Phi) is 1.16. The van der Waals surface area contributed by atoms with Crippen molar-refractivity contribution in [3.63, 3.8) is 0 Å². The SMILES string of the molecule is O=C1CC2(N1)Nc1ccccc1C2=O. The minimum absolute atomic E-state index is 0.0345. The molecule has 1 saturated heterocycles. The normalized spacial score (nSPS) is 28.0. The van der Waals surface area contributed by atoms with E-state index < -0.39 is 5.66 Å². The molecule has 4 heteroatoms. The topological polar surface area (TPSA) is 58.2 Å². The molecule has 3 rings (SSSR count). The molecule has 0 radical (unpaired) electrons. The second-order valence-corrected chi connectivity index (χ2v) is 3.63. The van der Waals surface area contributed by atoms with Crippen LogP contribution in [0.15, 0.2) is 24.3 Å². The fourth-order valence-electron chi connectivity index (χ4n) is 1.98. The van der Waals surface area contributed by atoms with E-state index in [1.165, 1.54) is 0 Å². The lowest BCUT2D eigenvalue weighted by atomic mass is 9.92. The molecule has 1 fully saturated rings. The molecular weight excluding hydrogens is 180 g/mol. The number of benzene rings is 1. The molecule has 0 aliphatic carbocycles. The van der Waals surface area contributed by atoms with Gasteiger partial charge in [-0.15, -0.1) is 0 Å². The third kappa shape index (κ3) is 0.731. The first-order chi connectivity index (χ1) is 6.71. The number of Topliss-reactive ketones (excluding diaryl/α,β-unsaturated/α-hetero) is 1. The van der Waals surface area contributed by atoms with E-state index in [4.69, 9.17) is 0 Å². The maximum Gasteiger partial charge on any atom is 0.226 e. The summed E-state index contributed by atoms with van der Waals surface area (Å²) >= 11 is 0. The van der Waals surface area contributed by atoms with Crippen LogP contribution in [0.5, 0.6) is 0 Å². The number of para-hydroxylation sites is 1. The second-order valence-electron chi connectivity index (χ2n) is 3.63. The van der Waals surface area contributed by atoms with Crippen molar-refractivity contribution in [2.24, 2.45) is 0 Å². The van der Waals surface area contributed by atoms with E-state index >= 15 is 0 Å². The highest BCUT2D eigenvalue weighted by Crippen LogP contribution is 2.36. The monoisotopic (exact) mass is 188 g/mol. The van der Waals surface area contributed by atoms with E-state index in [0.29, 0.717) is 5.56 Å². The molecule has 0 saturated carbocycles. The van der Waals surface area contributed by atoms with E-state index in [0.717, 1.165) is 5.69 Å². The van der Waals surface area contributed by atoms with E-state index in [-0.39, 0.29) is 18.1 Å². The maximum atomic E-state index is 11.9. The highest BCUT2D eigenvalue weighted by atomic mass is 16.2. The number of hydrogen-bond acceptors (Lipinski definition) is 3. The van der Waals surface area contributed by atoms with Crippen molar-refractivity contribution >= 4 is 17.4 Å². The van der Waals surface area contributed by atoms with Crippen LogP contribution in [-0.4, -0.2) is 17.4 Å². The number of rotatable bonds is 0. The van der Waals surface area contributed by atoms with Crippen LogP contribution in [0.1, 0.15) is 16.8 Å². The standard InChI is InChI=1S/C10H8N2O2/c13-8-5-10(12-8)9(14)6-3-1-2-4-7(6)11-10/h1-4,11H,5H2,(H,12,13). The molecule has 4 nitrogen and oxygen atoms in total. The van der Waals surface area contributed by atoms with Gasteiger partial charge in [0.25, 0.3) is 0 Å². The van der Waals surface area contributed by atoms with Gasteiger partial charge in [0.05, 0.1) is 6.42 Å². The lowest BCUT2D eigenvalue weighted by molar-refractivity contribution is -0.129. The van der Waals surface area contributed by atoms with Crippen LogP contribution in [0.4, 0.5) is 5.69 Å². The third-order valence-corrected chi connectivity index (χ3v) is 2.69. The lowest BCUT2D eigenvalue weighted by Crippen LogP contribution is -2.67. The molecule has 1 amide bonds. The highest BCUT2D eigenvalue weighted by molar-refractivity contribution is 6.18. The minimum Gasteiger partial charge on any atom is -0.355 e. The number of amides is 1. The van der Waals surface area contributed by atoms with E-state index in [9.17, 15) is 9.59 Å². The molecule has 1 aromatic carbocycles. The van der Waals surface area contributed by atoms with Crippen molar-refractivity contribution in [1.82, 2.24) is 5.32 Å². The molecule has 0 aromatic heterocycles. The molecule has 2 aliphatic heterocycles. The van der Waals surface area contributed by atoms with Crippen LogP contribution in [-0.2, 0) is 4.79 Å². The Hall–Kier alpha value is -1.84. The van der Waals surface area contributed by atoms with Crippen LogP contribution in [0.25, 0.3) is 0 Å². The van der Waals surface area contributed by atoms with Crippen molar-refractivity contribution in [3.05, 3.63) is 29.8 Å². The van der Waals surface area contributed by atoms with E-state index in [1.807, 2.05) is 18.2 Å². The second kappa shape index (κ2) is 2.15. The molecule has 1 atom stereocenters. The molecule has 1 spiro atoms. The zero-order valence-corrected chi connectivity index (χ0v) is 7.33. The molecule has 2 heterocycles. The van der Waals surface area contributed by atoms with E-state index in [1.54, 1.807) is 6.07 Å². The number of carbonyl (C=O) groups excluding carboxylic acids is 2. The average Bonchev–Trinajstić information content (AvgIpc) is 2.41. The van der Waals surface area contributed by atoms with Crippen LogP contribution in [0.3, 0.4) is 0 Å². The molecule has 14 heavy (non-hydrogen) atoms. The van der Waals surface area contributed by atoms with Gasteiger partial charge in [-0.25, -0.2) is 0 Å². The van der Waals surface area contributed by atoms with E-state index in [2.05, 4.69) is 10.6 Å². The number of hydrogen-bond donors (Lipinski definition) is 2. The van der Waals surface area contributed by atoms with Crippen molar-refractivity contribution in [2.45, 2.75) is 12.1 Å². The van der Waals surface area contributed by atoms with Gasteiger partial charge < -0.3 is 10.6 Å². The summed E-state index contributed by atoms with van der Waals surface area (Å²) in [7, 11) is 0. The first-order valence-electron chi connectivity index (χ1n) is 4.44. The van der Waals surface area contributed by atoms with Gasteiger partial charge in [0.2, 0.25) is 11.7 Å². The van der Waals surface area contributed by atoms with Crippen LogP contribution in [0.2, 0.25) is 0 Å². The maximum absolute atomic E-state index is 11.9. The van der Waals surface area contributed by atoms with Crippen LogP contribution < -0.4 is 10.6 Å². The predicted molar refractivity (Wildman–Crippen MR) is 49.9 cm³/mol. The summed E-state index contributed by atoms with van der Waals surface area (Å²) in [4.78, 5) is 22.7. The molecule has 1 unspecified atom stereocenters. The summed E-state index contributed by atoms with van der Waals surface area (Å²) < 4.78 is 0. The molecule has 70 valence electrons. The van der Waals surface area contributed by atoms with Gasteiger partial charge in [0.1, 0.15) is 0 Å². The third-order valence-electron chi connectivity index (χ3n) is 2.69. The summed E-state index contributed by atoms with van der Waals surface area (Å²) in [5.74, 6) is -0.119. The largest absolute Gasteiger partial charge is 0.355 e. The Balaban J connectivity index is 2.06. The molecule has 0 bridgehead atoms. The fraction of sp³-hybridized carbons (Fsp3) is 0.200. The molecular formula is C10H8N2O2. The molecule has 2 N–H and O–H groups in total. The Morgan fingerprint density at radius 1 is 1.14 bits per heavy atom. The van der Waals surface area contributed by atoms with Gasteiger partial charge in [0, 0.05) is 11.3 Å². The Labute approximate surface area is 80.3 Å². The van der Waals surface area contributed by atoms with Gasteiger partial charge in [-0.05, 0) is 12.1 Å². The van der Waals surface area contributed by atoms with Gasteiger partial charge in [-0.3, -0.25) is 9.59 Å². The predicted octanol–water partition coefficient (Wildman–Crippen LogP) is 0.511. The van der Waals surface area contributed by atoms with Gasteiger partial charge in [-0.2, -0.15) is 0 Å². The minimum atomic E-state index is -0.833. The highest BCUT2D eigenvalue weighted by Gasteiger charge is 2.53. The van der Waals surface area contributed by atoms with Crippen molar-refractivity contribution in [2.75, 3.05) is 5.32 Å². The number of fused-ring (bicyclic) bond motifs is 1. The zero-order valence-electron chi connectivity index (χ0n) is 7.33. The smallest absolute Gasteiger partial charge is 0.226 e. The van der Waals surface area contributed by atoms with Gasteiger partial charge in [0.15, 0.2) is 5.66 Å². The number of carbonyl (C=O) groups is 2. The summed E-state index contributed by atoms with van der Waals surface area (Å²) in [6.45, 7) is 0. The Morgan fingerprint density at radius 2 is 1.86 bits per heavy atom. The van der Waals surface area contributed by atoms with Gasteiger partial charge in [-0.1, -0.05) is 12.1 Å². The zero-order chi connectivity index (χ0) is 9.76. The summed E-state index contributed by atoms with van der Waals surface area (Å²) in [5, 5.41) is 5.66. The lowest BCUT2D eigenvalue weighted by Gasteiger charge is -2.37. The first-order valence-corrected chi connectivity index (χ1v) is 4.44. The number of β-lactam (4-membered cyclic amide) rings is 1. The van der Waals surface area contributed by atoms with Crippen LogP contribution in [0, 0.1) is 0 Å². The van der Waals surface area contributed by atoms with Crippen LogP contribution >= 0.6 is 0 Å². The first kappa shape index (κ1) is 7.55.